The largest absolute Gasteiger partial charge is 0.464 e. The van der Waals surface area contributed by atoms with Crippen molar-refractivity contribution in [2.75, 3.05) is 0 Å². The Morgan fingerprint density at radius 1 is 1.33 bits per heavy atom. The van der Waals surface area contributed by atoms with Gasteiger partial charge in [-0.25, -0.2) is 0 Å². The highest BCUT2D eigenvalue weighted by Crippen LogP contribution is 2.22. The molecule has 0 aliphatic carbocycles. The van der Waals surface area contributed by atoms with Crippen molar-refractivity contribution in [1.29, 1.82) is 0 Å². The van der Waals surface area contributed by atoms with Crippen LogP contribution >= 0.6 is 0 Å². The predicted molar refractivity (Wildman–Crippen MR) is 46.3 cm³/mol. The van der Waals surface area contributed by atoms with Gasteiger partial charge in [0.05, 0.1) is 6.26 Å². The predicted octanol–water partition coefficient (Wildman–Crippen LogP) is 2.55. The highest BCUT2D eigenvalue weighted by atomic mass is 16.3. The summed E-state index contributed by atoms with van der Waals surface area (Å²) in [4.78, 5) is 10.6. The Bertz CT molecular complexity index is 426. The van der Waals surface area contributed by atoms with Gasteiger partial charge in [0.15, 0.2) is 6.29 Å². The van der Waals surface area contributed by atoms with Gasteiger partial charge in [-0.3, -0.25) is 4.79 Å². The maximum absolute atomic E-state index is 10.6. The molecule has 0 spiro atoms. The van der Waals surface area contributed by atoms with Gasteiger partial charge in [-0.2, -0.15) is 0 Å². The van der Waals surface area contributed by atoms with Crippen LogP contribution in [0.3, 0.4) is 0 Å². The van der Waals surface area contributed by atoms with Crippen LogP contribution in [-0.2, 0) is 0 Å². The van der Waals surface area contributed by atoms with Crippen LogP contribution in [0.1, 0.15) is 15.9 Å². The van der Waals surface area contributed by atoms with Crippen molar-refractivity contribution in [3.8, 4) is 0 Å². The minimum Gasteiger partial charge on any atom is -0.464 e. The number of aldehydes is 1. The minimum absolute atomic E-state index is 0.685. The van der Waals surface area contributed by atoms with Crippen molar-refractivity contribution in [2.24, 2.45) is 0 Å². The molecule has 60 valence electrons. The van der Waals surface area contributed by atoms with Gasteiger partial charge >= 0.3 is 0 Å². The molecule has 1 aromatic carbocycles. The van der Waals surface area contributed by atoms with Gasteiger partial charge in [0.2, 0.25) is 0 Å². The van der Waals surface area contributed by atoms with Crippen molar-refractivity contribution in [3.05, 3.63) is 35.6 Å². The molecule has 0 saturated carbocycles. The van der Waals surface area contributed by atoms with Crippen LogP contribution in [0.4, 0.5) is 0 Å². The topological polar surface area (TPSA) is 30.2 Å². The van der Waals surface area contributed by atoms with E-state index in [9.17, 15) is 4.79 Å². The molecule has 0 fully saturated rings. The molecule has 0 aliphatic rings. The second-order valence-electron chi connectivity index (χ2n) is 2.75. The summed E-state index contributed by atoms with van der Waals surface area (Å²) >= 11 is 0. The summed E-state index contributed by atoms with van der Waals surface area (Å²) in [6, 6.07) is 5.50. The van der Waals surface area contributed by atoms with Gasteiger partial charge in [0.1, 0.15) is 5.58 Å². The number of hydrogen-bond donors (Lipinski definition) is 0. The molecule has 2 rings (SSSR count). The van der Waals surface area contributed by atoms with E-state index in [1.165, 1.54) is 0 Å². The lowest BCUT2D eigenvalue weighted by atomic mass is 10.1. The number of aryl methyl sites for hydroxylation is 1. The Labute approximate surface area is 69.8 Å². The summed E-state index contributed by atoms with van der Waals surface area (Å²) < 4.78 is 5.23. The first-order chi connectivity index (χ1) is 5.83. The molecule has 0 unspecified atom stereocenters. The number of fused-ring (bicyclic) bond motifs is 1. The van der Waals surface area contributed by atoms with Crippen LogP contribution in [0.25, 0.3) is 11.0 Å². The third-order valence-electron chi connectivity index (χ3n) is 1.97. The molecule has 2 aromatic rings. The van der Waals surface area contributed by atoms with E-state index < -0.39 is 0 Å². The van der Waals surface area contributed by atoms with Crippen molar-refractivity contribution in [2.45, 2.75) is 6.92 Å². The average molecular weight is 160 g/mol. The molecule has 2 heteroatoms. The van der Waals surface area contributed by atoms with Crippen LogP contribution in [0.15, 0.2) is 28.9 Å². The fourth-order valence-electron chi connectivity index (χ4n) is 1.32. The Kier molecular flexibility index (Phi) is 1.47. The summed E-state index contributed by atoms with van der Waals surface area (Å²) in [6.45, 7) is 1.96. The lowest BCUT2D eigenvalue weighted by molar-refractivity contribution is 0.112. The van der Waals surface area contributed by atoms with E-state index in [0.717, 1.165) is 22.8 Å². The molecular formula is C10H8O2. The number of rotatable bonds is 1. The molecule has 0 atom stereocenters. The molecule has 12 heavy (non-hydrogen) atoms. The van der Waals surface area contributed by atoms with Crippen molar-refractivity contribution >= 4 is 17.3 Å². The lowest BCUT2D eigenvalue weighted by Crippen LogP contribution is -1.81. The average Bonchev–Trinajstić information content (AvgIpc) is 2.54. The second kappa shape index (κ2) is 2.48. The van der Waals surface area contributed by atoms with E-state index in [1.807, 2.05) is 19.1 Å². The van der Waals surface area contributed by atoms with Crippen molar-refractivity contribution in [1.82, 2.24) is 0 Å². The monoisotopic (exact) mass is 160 g/mol. The first-order valence-corrected chi connectivity index (χ1v) is 3.75. The fraction of sp³-hybridized carbons (Fsp3) is 0.100. The quantitative estimate of drug-likeness (QED) is 0.600. The molecule has 0 saturated heterocycles. The Balaban J connectivity index is 2.91. The zero-order valence-electron chi connectivity index (χ0n) is 6.70. The number of furan rings is 1. The zero-order valence-corrected chi connectivity index (χ0v) is 6.70. The van der Waals surface area contributed by atoms with Crippen molar-refractivity contribution < 1.29 is 9.21 Å². The van der Waals surface area contributed by atoms with Crippen LogP contribution in [0, 0.1) is 6.92 Å². The first kappa shape index (κ1) is 7.10. The minimum atomic E-state index is 0.685. The van der Waals surface area contributed by atoms with E-state index >= 15 is 0 Å². The summed E-state index contributed by atoms with van der Waals surface area (Å²) in [6.07, 6.45) is 2.45. The normalized spacial score (nSPS) is 10.4. The van der Waals surface area contributed by atoms with E-state index in [-0.39, 0.29) is 0 Å². The molecule has 0 bridgehead atoms. The van der Waals surface area contributed by atoms with E-state index in [4.69, 9.17) is 4.42 Å². The molecule has 2 nitrogen and oxygen atoms in total. The number of carbonyl (C=O) groups is 1. The van der Waals surface area contributed by atoms with Gasteiger partial charge in [-0.15, -0.1) is 0 Å². The molecule has 1 heterocycles. The molecule has 0 amide bonds. The molecule has 0 radical (unpaired) electrons. The van der Waals surface area contributed by atoms with Crippen LogP contribution in [0.2, 0.25) is 0 Å². The van der Waals surface area contributed by atoms with Crippen LogP contribution < -0.4 is 0 Å². The Morgan fingerprint density at radius 3 is 2.92 bits per heavy atom. The van der Waals surface area contributed by atoms with Crippen LogP contribution in [-0.4, -0.2) is 6.29 Å². The molecule has 1 aromatic heterocycles. The van der Waals surface area contributed by atoms with E-state index in [1.54, 1.807) is 12.3 Å². The van der Waals surface area contributed by atoms with Gasteiger partial charge in [0.25, 0.3) is 0 Å². The second-order valence-corrected chi connectivity index (χ2v) is 2.75. The summed E-state index contributed by atoms with van der Waals surface area (Å²) in [7, 11) is 0. The summed E-state index contributed by atoms with van der Waals surface area (Å²) in [5.41, 5.74) is 2.55. The van der Waals surface area contributed by atoms with Gasteiger partial charge in [-0.1, -0.05) is 12.1 Å². The standard InChI is InChI=1S/C10H8O2/c1-7-2-3-8(6-11)9-4-5-12-10(7)9/h2-6H,1H3. The number of carbonyl (C=O) groups excluding carboxylic acids is 1. The maximum atomic E-state index is 10.6. The van der Waals surface area contributed by atoms with Gasteiger partial charge in [0, 0.05) is 10.9 Å². The Morgan fingerprint density at radius 2 is 2.17 bits per heavy atom. The Hall–Kier alpha value is -1.57. The molecular weight excluding hydrogens is 152 g/mol. The number of benzene rings is 1. The van der Waals surface area contributed by atoms with E-state index in [0.29, 0.717) is 5.56 Å². The van der Waals surface area contributed by atoms with Gasteiger partial charge in [-0.05, 0) is 18.6 Å². The van der Waals surface area contributed by atoms with Crippen LogP contribution in [0.5, 0.6) is 0 Å². The number of hydrogen-bond acceptors (Lipinski definition) is 2. The fourth-order valence-corrected chi connectivity index (χ4v) is 1.32. The zero-order chi connectivity index (χ0) is 8.55. The summed E-state index contributed by atoms with van der Waals surface area (Å²) in [5, 5.41) is 0.894. The van der Waals surface area contributed by atoms with Crippen molar-refractivity contribution in [3.63, 3.8) is 0 Å². The third-order valence-corrected chi connectivity index (χ3v) is 1.97. The molecule has 0 N–H and O–H groups in total. The first-order valence-electron chi connectivity index (χ1n) is 3.75. The SMILES string of the molecule is Cc1ccc(C=O)c2ccoc12. The highest BCUT2D eigenvalue weighted by molar-refractivity contribution is 5.97. The highest BCUT2D eigenvalue weighted by Gasteiger charge is 2.04. The summed E-state index contributed by atoms with van der Waals surface area (Å²) in [5.74, 6) is 0. The van der Waals surface area contributed by atoms with Gasteiger partial charge < -0.3 is 4.42 Å². The third kappa shape index (κ3) is 0.848. The van der Waals surface area contributed by atoms with E-state index in [2.05, 4.69) is 0 Å². The maximum Gasteiger partial charge on any atom is 0.150 e. The lowest BCUT2D eigenvalue weighted by Gasteiger charge is -1.95. The molecule has 0 aliphatic heterocycles. The smallest absolute Gasteiger partial charge is 0.150 e.